The van der Waals surface area contributed by atoms with Crippen molar-refractivity contribution in [1.29, 1.82) is 0 Å². The van der Waals surface area contributed by atoms with Crippen LogP contribution in [0.5, 0.6) is 0 Å². The van der Waals surface area contributed by atoms with E-state index in [1.807, 2.05) is 0 Å². The van der Waals surface area contributed by atoms with E-state index >= 15 is 0 Å². The number of esters is 1. The first-order valence-electron chi connectivity index (χ1n) is 6.62. The normalized spacial score (nSPS) is 15.3. The number of unbranched alkanes of at least 4 members (excludes halogenated alkanes) is 4. The Hall–Kier alpha value is -0.390. The number of carbonyl (C=O) groups excluding carboxylic acids is 2. The zero-order valence-electron chi connectivity index (χ0n) is 11.0. The lowest BCUT2D eigenvalue weighted by Crippen LogP contribution is -1.99. The molecule has 0 radical (unpaired) electrons. The van der Waals surface area contributed by atoms with E-state index in [1.165, 1.54) is 10.7 Å². The summed E-state index contributed by atoms with van der Waals surface area (Å²) in [6.07, 6.45) is 8.47. The average molecular weight is 364 g/mol. The Bertz CT molecular complexity index is 334. The van der Waals surface area contributed by atoms with Gasteiger partial charge in [0.2, 0.25) is 0 Å². The van der Waals surface area contributed by atoms with Crippen molar-refractivity contribution in [3.63, 3.8) is 0 Å². The molecule has 0 fully saturated rings. The lowest BCUT2D eigenvalue weighted by Gasteiger charge is -2.03. The number of allylic oxidation sites excluding steroid dienone is 2. The third-order valence-electron chi connectivity index (χ3n) is 3.27. The molecule has 0 amide bonds. The Morgan fingerprint density at radius 1 is 1.17 bits per heavy atom. The second kappa shape index (κ2) is 8.67. The maximum Gasteiger partial charge on any atom is 0.305 e. The van der Waals surface area contributed by atoms with E-state index in [-0.39, 0.29) is 5.97 Å². The minimum Gasteiger partial charge on any atom is -0.469 e. The molecule has 0 aliphatic heterocycles. The highest BCUT2D eigenvalue weighted by Gasteiger charge is 2.20. The van der Waals surface area contributed by atoms with Gasteiger partial charge in [0.15, 0.2) is 5.78 Å². The zero-order valence-corrected chi connectivity index (χ0v) is 13.1. The third-order valence-corrected chi connectivity index (χ3v) is 4.46. The van der Waals surface area contributed by atoms with Gasteiger partial charge in [0.25, 0.3) is 0 Å². The van der Waals surface area contributed by atoms with Crippen molar-refractivity contribution in [2.45, 2.75) is 57.8 Å². The number of halogens is 1. The van der Waals surface area contributed by atoms with Gasteiger partial charge in [-0.2, -0.15) is 0 Å². The third kappa shape index (κ3) is 5.50. The molecular weight excluding hydrogens is 343 g/mol. The Balaban J connectivity index is 2.01. The number of ether oxygens (including phenoxy) is 1. The van der Waals surface area contributed by atoms with Crippen LogP contribution in [0.2, 0.25) is 0 Å². The van der Waals surface area contributed by atoms with Crippen LogP contribution in [0, 0.1) is 0 Å². The van der Waals surface area contributed by atoms with Crippen LogP contribution >= 0.6 is 22.6 Å². The smallest absolute Gasteiger partial charge is 0.305 e. The van der Waals surface area contributed by atoms with Crippen molar-refractivity contribution in [3.05, 3.63) is 9.15 Å². The summed E-state index contributed by atoms with van der Waals surface area (Å²) in [5, 5.41) is 0. The Labute approximate surface area is 122 Å². The summed E-state index contributed by atoms with van der Waals surface area (Å²) in [7, 11) is 1.43. The molecule has 0 spiro atoms. The van der Waals surface area contributed by atoms with Gasteiger partial charge in [0.05, 0.1) is 7.11 Å². The van der Waals surface area contributed by atoms with Gasteiger partial charge in [-0.15, -0.1) is 0 Å². The van der Waals surface area contributed by atoms with E-state index in [9.17, 15) is 9.59 Å². The Morgan fingerprint density at radius 3 is 2.44 bits per heavy atom. The molecule has 0 aromatic carbocycles. The first kappa shape index (κ1) is 15.7. The largest absolute Gasteiger partial charge is 0.469 e. The lowest BCUT2D eigenvalue weighted by molar-refractivity contribution is -0.140. The molecule has 102 valence electrons. The van der Waals surface area contributed by atoms with E-state index in [0.717, 1.165) is 50.5 Å². The predicted octanol–water partition coefficient (Wildman–Crippen LogP) is 3.94. The maximum absolute atomic E-state index is 11.5. The molecule has 0 N–H and O–H groups in total. The van der Waals surface area contributed by atoms with Crippen molar-refractivity contribution in [2.24, 2.45) is 0 Å². The fourth-order valence-electron chi connectivity index (χ4n) is 2.15. The molecule has 0 atom stereocenters. The van der Waals surface area contributed by atoms with Gasteiger partial charge in [0.1, 0.15) is 0 Å². The molecule has 1 rings (SSSR count). The fraction of sp³-hybridized carbons (Fsp3) is 0.714. The monoisotopic (exact) mass is 364 g/mol. The first-order valence-corrected chi connectivity index (χ1v) is 7.70. The molecule has 1 aliphatic carbocycles. The standard InChI is InChI=1S/C14H21IO3/c1-18-14(17)8-6-4-2-3-5-7-11-12(15)9-10-13(11)16/h2-10H2,1H3. The lowest BCUT2D eigenvalue weighted by atomic mass is 10.0. The number of ketones is 1. The summed E-state index contributed by atoms with van der Waals surface area (Å²) in [6, 6.07) is 0. The second-order valence-electron chi connectivity index (χ2n) is 4.65. The molecule has 0 heterocycles. The summed E-state index contributed by atoms with van der Waals surface area (Å²) < 4.78 is 5.85. The van der Waals surface area contributed by atoms with Crippen LogP contribution < -0.4 is 0 Å². The van der Waals surface area contributed by atoms with Gasteiger partial charge >= 0.3 is 5.97 Å². The van der Waals surface area contributed by atoms with E-state index in [4.69, 9.17) is 0 Å². The van der Waals surface area contributed by atoms with Crippen LogP contribution in [0.4, 0.5) is 0 Å². The van der Waals surface area contributed by atoms with Crippen molar-refractivity contribution in [2.75, 3.05) is 7.11 Å². The highest BCUT2D eigenvalue weighted by Crippen LogP contribution is 2.31. The van der Waals surface area contributed by atoms with Crippen LogP contribution in [-0.4, -0.2) is 18.9 Å². The van der Waals surface area contributed by atoms with Crippen LogP contribution in [0.1, 0.15) is 57.8 Å². The maximum atomic E-state index is 11.5. The number of methoxy groups -OCH3 is 1. The van der Waals surface area contributed by atoms with Crippen LogP contribution in [-0.2, 0) is 14.3 Å². The van der Waals surface area contributed by atoms with Gasteiger partial charge in [-0.3, -0.25) is 9.59 Å². The summed E-state index contributed by atoms with van der Waals surface area (Å²) >= 11 is 2.30. The van der Waals surface area contributed by atoms with Gasteiger partial charge in [-0.25, -0.2) is 0 Å². The van der Waals surface area contributed by atoms with Crippen LogP contribution in [0.15, 0.2) is 9.15 Å². The molecule has 0 saturated heterocycles. The predicted molar refractivity (Wildman–Crippen MR) is 79.6 cm³/mol. The van der Waals surface area contributed by atoms with Crippen molar-refractivity contribution in [3.8, 4) is 0 Å². The molecule has 0 saturated carbocycles. The Morgan fingerprint density at radius 2 is 1.83 bits per heavy atom. The summed E-state index contributed by atoms with van der Waals surface area (Å²) in [5.74, 6) is 0.233. The summed E-state index contributed by atoms with van der Waals surface area (Å²) in [5.41, 5.74) is 1.07. The van der Waals surface area contributed by atoms with Crippen LogP contribution in [0.3, 0.4) is 0 Å². The van der Waals surface area contributed by atoms with Gasteiger partial charge < -0.3 is 4.74 Å². The molecule has 18 heavy (non-hydrogen) atoms. The van der Waals surface area contributed by atoms with Crippen LogP contribution in [0.25, 0.3) is 0 Å². The molecular formula is C14H21IO3. The minimum absolute atomic E-state index is 0.119. The van der Waals surface area contributed by atoms with Crippen molar-refractivity contribution >= 4 is 34.3 Å². The first-order chi connectivity index (χ1) is 8.65. The number of Topliss-reactive ketones (excluding diaryl/α,β-unsaturated/α-hetero) is 1. The SMILES string of the molecule is COC(=O)CCCCCCCC1=C(I)CCC1=O. The zero-order chi connectivity index (χ0) is 13.4. The fourth-order valence-corrected chi connectivity index (χ4v) is 3.00. The quantitative estimate of drug-likeness (QED) is 0.372. The number of rotatable bonds is 8. The van der Waals surface area contributed by atoms with Gasteiger partial charge in [0, 0.05) is 18.4 Å². The molecule has 0 aromatic rings. The van der Waals surface area contributed by atoms with Gasteiger partial charge in [-0.05, 0) is 51.9 Å². The van der Waals surface area contributed by atoms with E-state index in [0.29, 0.717) is 18.6 Å². The molecule has 0 unspecified atom stereocenters. The second-order valence-corrected chi connectivity index (χ2v) is 5.95. The van der Waals surface area contributed by atoms with E-state index < -0.39 is 0 Å². The molecule has 0 bridgehead atoms. The molecule has 1 aliphatic rings. The highest BCUT2D eigenvalue weighted by atomic mass is 127. The van der Waals surface area contributed by atoms with E-state index in [1.54, 1.807) is 0 Å². The number of hydrogen-bond donors (Lipinski definition) is 0. The van der Waals surface area contributed by atoms with Gasteiger partial charge in [-0.1, -0.05) is 19.3 Å². The minimum atomic E-state index is -0.119. The molecule has 4 heteroatoms. The summed E-state index contributed by atoms with van der Waals surface area (Å²) in [6.45, 7) is 0. The molecule has 3 nitrogen and oxygen atoms in total. The van der Waals surface area contributed by atoms with E-state index in [2.05, 4.69) is 27.3 Å². The van der Waals surface area contributed by atoms with Crippen molar-refractivity contribution < 1.29 is 14.3 Å². The topological polar surface area (TPSA) is 43.4 Å². The number of carbonyl (C=O) groups is 2. The highest BCUT2D eigenvalue weighted by molar-refractivity contribution is 14.1. The molecule has 0 aromatic heterocycles. The Kier molecular flexibility index (Phi) is 7.54. The summed E-state index contributed by atoms with van der Waals surface area (Å²) in [4.78, 5) is 22.4. The van der Waals surface area contributed by atoms with Crippen molar-refractivity contribution in [1.82, 2.24) is 0 Å². The number of hydrogen-bond acceptors (Lipinski definition) is 3. The average Bonchev–Trinajstić information content (AvgIpc) is 2.68.